The van der Waals surface area contributed by atoms with Crippen LogP contribution in [0.5, 0.6) is 0 Å². The van der Waals surface area contributed by atoms with Gasteiger partial charge in [-0.25, -0.2) is 15.0 Å². The summed E-state index contributed by atoms with van der Waals surface area (Å²) in [6.07, 6.45) is 5.97. The van der Waals surface area contributed by atoms with Crippen molar-refractivity contribution in [1.82, 2.24) is 24.7 Å². The van der Waals surface area contributed by atoms with E-state index in [2.05, 4.69) is 19.9 Å². The minimum Gasteiger partial charge on any atom is -0.804 e. The molecule has 0 atom stereocenters. The molecule has 3 rings (SSSR count). The molecular weight excluding hydrogens is 218 g/mol. The van der Waals surface area contributed by atoms with Crippen molar-refractivity contribution in [2.45, 2.75) is 0 Å². The predicted molar refractivity (Wildman–Crippen MR) is 61.8 cm³/mol. The van der Waals surface area contributed by atoms with Crippen molar-refractivity contribution in [3.05, 3.63) is 48.5 Å². The molecule has 0 amide bonds. The molecule has 3 aromatic rings. The van der Waals surface area contributed by atoms with Crippen LogP contribution in [0.15, 0.2) is 43.2 Å². The first-order valence-electron chi connectivity index (χ1n) is 5.00. The van der Waals surface area contributed by atoms with Crippen LogP contribution in [0.1, 0.15) is 0 Å². The third-order valence-electron chi connectivity index (χ3n) is 2.39. The summed E-state index contributed by atoms with van der Waals surface area (Å²) in [6.45, 7) is 0. The molecule has 0 radical (unpaired) electrons. The van der Waals surface area contributed by atoms with E-state index in [4.69, 9.17) is 0 Å². The zero-order valence-electron chi connectivity index (χ0n) is 8.74. The van der Waals surface area contributed by atoms with Crippen molar-refractivity contribution >= 4 is 0 Å². The van der Waals surface area contributed by atoms with E-state index >= 15 is 0 Å². The first-order chi connectivity index (χ1) is 8.34. The lowest BCUT2D eigenvalue weighted by molar-refractivity contribution is 1.07. The third kappa shape index (κ3) is 1.65. The zero-order chi connectivity index (χ0) is 11.7. The predicted octanol–water partition coefficient (Wildman–Crippen LogP) is 1.68. The highest BCUT2D eigenvalue weighted by Crippen LogP contribution is 2.20. The molecule has 0 saturated heterocycles. The maximum absolute atomic E-state index is 11.4. The maximum atomic E-state index is 11.4. The second-order valence-corrected chi connectivity index (χ2v) is 3.48. The molecule has 3 aromatic heterocycles. The molecule has 0 bridgehead atoms. The van der Waals surface area contributed by atoms with Gasteiger partial charge in [-0.3, -0.25) is 0 Å². The Bertz CT molecular complexity index is 629. The maximum Gasteiger partial charge on any atom is 0.0924 e. The minimum atomic E-state index is 0.436. The molecule has 0 aromatic carbocycles. The number of H-pyrrole nitrogens is 1. The number of nitrogens with one attached hydrogen (secondary N) is 1. The van der Waals surface area contributed by atoms with E-state index in [9.17, 15) is 5.21 Å². The summed E-state index contributed by atoms with van der Waals surface area (Å²) in [5.41, 5.74) is 2.57. The molecule has 17 heavy (non-hydrogen) atoms. The summed E-state index contributed by atoms with van der Waals surface area (Å²) in [6, 6.07) is 5.46. The first kappa shape index (κ1) is 9.59. The Labute approximate surface area is 96.6 Å². The zero-order valence-corrected chi connectivity index (χ0v) is 8.74. The van der Waals surface area contributed by atoms with Crippen molar-refractivity contribution in [3.8, 4) is 22.8 Å². The summed E-state index contributed by atoms with van der Waals surface area (Å²) in [5.74, 6) is 0. The van der Waals surface area contributed by atoms with Crippen LogP contribution in [0, 0.1) is 5.21 Å². The van der Waals surface area contributed by atoms with Crippen LogP contribution in [0.2, 0.25) is 0 Å². The Kier molecular flexibility index (Phi) is 2.11. The summed E-state index contributed by atoms with van der Waals surface area (Å²) in [5, 5.41) is 11.4. The molecule has 0 fully saturated rings. The fourth-order valence-corrected chi connectivity index (χ4v) is 1.59. The van der Waals surface area contributed by atoms with Crippen LogP contribution >= 0.6 is 0 Å². The number of imidazole rings is 2. The van der Waals surface area contributed by atoms with Crippen LogP contribution < -0.4 is 0 Å². The number of nitrogens with zero attached hydrogens (tertiary/aromatic N) is 4. The topological polar surface area (TPSA) is 82.5 Å². The van der Waals surface area contributed by atoms with Crippen molar-refractivity contribution in [1.29, 1.82) is 0 Å². The van der Waals surface area contributed by atoms with Crippen molar-refractivity contribution in [2.75, 3.05) is 0 Å². The number of hydrogen-bond acceptors (Lipinski definition) is 4. The lowest BCUT2D eigenvalue weighted by Gasteiger charge is -2.10. The van der Waals surface area contributed by atoms with Crippen LogP contribution in [-0.4, -0.2) is 24.7 Å². The second-order valence-electron chi connectivity index (χ2n) is 3.48. The SMILES string of the molecule is [O-]n1cncc1-c1cccc(-c2cnc[nH]2)n1. The Morgan fingerprint density at radius 3 is 2.71 bits per heavy atom. The van der Waals surface area contributed by atoms with Crippen molar-refractivity contribution < 1.29 is 0 Å². The Morgan fingerprint density at radius 2 is 2.00 bits per heavy atom. The summed E-state index contributed by atoms with van der Waals surface area (Å²) in [4.78, 5) is 15.1. The number of hydrogen-bond donors (Lipinski definition) is 1. The molecule has 0 saturated carbocycles. The molecule has 6 heteroatoms. The molecule has 84 valence electrons. The molecule has 0 aliphatic rings. The number of aromatic amines is 1. The van der Waals surface area contributed by atoms with Gasteiger partial charge in [0.15, 0.2) is 0 Å². The average molecular weight is 226 g/mol. The smallest absolute Gasteiger partial charge is 0.0924 e. The van der Waals surface area contributed by atoms with Crippen LogP contribution in [0.3, 0.4) is 0 Å². The van der Waals surface area contributed by atoms with Crippen LogP contribution in [0.4, 0.5) is 0 Å². The summed E-state index contributed by atoms with van der Waals surface area (Å²) >= 11 is 0. The first-order valence-corrected chi connectivity index (χ1v) is 5.00. The van der Waals surface area contributed by atoms with Gasteiger partial charge in [0, 0.05) is 0 Å². The van der Waals surface area contributed by atoms with Gasteiger partial charge in [-0.15, -0.1) is 0 Å². The fourth-order valence-electron chi connectivity index (χ4n) is 1.59. The lowest BCUT2D eigenvalue weighted by atomic mass is 10.2. The largest absolute Gasteiger partial charge is 0.804 e. The van der Waals surface area contributed by atoms with Gasteiger partial charge in [0.05, 0.1) is 47.8 Å². The summed E-state index contributed by atoms with van der Waals surface area (Å²) < 4.78 is 0.694. The molecular formula is C11H8N5O-. The minimum absolute atomic E-state index is 0.436. The number of pyridine rings is 1. The lowest BCUT2D eigenvalue weighted by Crippen LogP contribution is -1.92. The monoisotopic (exact) mass is 226 g/mol. The van der Waals surface area contributed by atoms with Crippen LogP contribution in [-0.2, 0) is 0 Å². The normalized spacial score (nSPS) is 10.6. The van der Waals surface area contributed by atoms with E-state index in [-0.39, 0.29) is 0 Å². The second kappa shape index (κ2) is 3.75. The standard InChI is InChI=1S/C11H8N5O/c17-16-7-13-5-11(16)9-3-1-2-8(15-9)10-4-12-6-14-10/h1-7H,(H,12,14)/q-1. The summed E-state index contributed by atoms with van der Waals surface area (Å²) in [7, 11) is 0. The van der Waals surface area contributed by atoms with Gasteiger partial charge < -0.3 is 14.9 Å². The Morgan fingerprint density at radius 1 is 1.12 bits per heavy atom. The molecule has 0 aliphatic carbocycles. The van der Waals surface area contributed by atoms with Gasteiger partial charge in [-0.1, -0.05) is 6.07 Å². The highest BCUT2D eigenvalue weighted by atomic mass is 16.5. The van der Waals surface area contributed by atoms with E-state index in [0.29, 0.717) is 16.1 Å². The Hall–Kier alpha value is -2.63. The molecule has 1 N–H and O–H groups in total. The van der Waals surface area contributed by atoms with Gasteiger partial charge in [0.1, 0.15) is 0 Å². The van der Waals surface area contributed by atoms with E-state index in [1.165, 1.54) is 12.5 Å². The molecule has 0 unspecified atom stereocenters. The molecule has 0 aliphatic heterocycles. The van der Waals surface area contributed by atoms with Crippen molar-refractivity contribution in [2.24, 2.45) is 0 Å². The van der Waals surface area contributed by atoms with E-state index in [0.717, 1.165) is 11.4 Å². The van der Waals surface area contributed by atoms with Gasteiger partial charge in [-0.05, 0) is 12.1 Å². The highest BCUT2D eigenvalue weighted by molar-refractivity contribution is 5.61. The Balaban J connectivity index is 2.09. The van der Waals surface area contributed by atoms with E-state index < -0.39 is 0 Å². The molecule has 0 spiro atoms. The van der Waals surface area contributed by atoms with Gasteiger partial charge >= 0.3 is 0 Å². The highest BCUT2D eigenvalue weighted by Gasteiger charge is 2.05. The number of rotatable bonds is 2. The van der Waals surface area contributed by atoms with Gasteiger partial charge in [0.2, 0.25) is 0 Å². The molecule has 3 heterocycles. The average Bonchev–Trinajstić information content (AvgIpc) is 2.99. The van der Waals surface area contributed by atoms with Crippen LogP contribution in [0.25, 0.3) is 22.8 Å². The van der Waals surface area contributed by atoms with Crippen molar-refractivity contribution in [3.63, 3.8) is 0 Å². The van der Waals surface area contributed by atoms with E-state index in [1.807, 2.05) is 12.1 Å². The van der Waals surface area contributed by atoms with Gasteiger partial charge in [0.25, 0.3) is 0 Å². The molecule has 6 nitrogen and oxygen atoms in total. The number of aromatic nitrogens is 5. The quantitative estimate of drug-likeness (QED) is 0.720. The third-order valence-corrected chi connectivity index (χ3v) is 2.39. The van der Waals surface area contributed by atoms with Gasteiger partial charge in [-0.2, -0.15) is 0 Å². The van der Waals surface area contributed by atoms with E-state index in [1.54, 1.807) is 18.6 Å². The fraction of sp³-hybridized carbons (Fsp3) is 0.